The highest BCUT2D eigenvalue weighted by Crippen LogP contribution is 2.46. The third kappa shape index (κ3) is 5.54. The van der Waals surface area contributed by atoms with Crippen molar-refractivity contribution < 1.29 is 58.8 Å². The van der Waals surface area contributed by atoms with E-state index in [1.807, 2.05) is 0 Å². The second-order valence-electron chi connectivity index (χ2n) is 10.1. The summed E-state index contributed by atoms with van der Waals surface area (Å²) in [6.07, 6.45) is -7.15. The summed E-state index contributed by atoms with van der Waals surface area (Å²) in [7, 11) is 1.50. The van der Waals surface area contributed by atoms with E-state index >= 15 is 0 Å². The number of carbonyl (C=O) groups is 1. The van der Waals surface area contributed by atoms with Crippen molar-refractivity contribution >= 4 is 16.9 Å². The van der Waals surface area contributed by atoms with Crippen LogP contribution in [0.2, 0.25) is 0 Å². The maximum absolute atomic E-state index is 13.2. The number of methoxy groups -OCH3 is 1. The average Bonchev–Trinajstić information content (AvgIpc) is 2.95. The highest BCUT2D eigenvalue weighted by Gasteiger charge is 2.48. The van der Waals surface area contributed by atoms with E-state index in [-0.39, 0.29) is 35.3 Å². The van der Waals surface area contributed by atoms with Crippen LogP contribution < -0.4 is 19.6 Å². The molecule has 0 bridgehead atoms. The molecule has 5 rings (SSSR count). The predicted molar refractivity (Wildman–Crippen MR) is 140 cm³/mol. The number of benzene rings is 2. The number of ether oxygens (including phenoxy) is 4. The summed E-state index contributed by atoms with van der Waals surface area (Å²) in [5.41, 5.74) is -0.296. The van der Waals surface area contributed by atoms with E-state index in [1.165, 1.54) is 13.2 Å². The summed E-state index contributed by atoms with van der Waals surface area (Å²) >= 11 is 0. The van der Waals surface area contributed by atoms with Crippen LogP contribution in [0.3, 0.4) is 0 Å². The molecule has 3 aromatic rings. The Morgan fingerprint density at radius 1 is 1.00 bits per heavy atom. The minimum atomic E-state index is -1.96. The Kier molecular flexibility index (Phi) is 7.81. The number of aliphatic hydroxyl groups is 4. The summed E-state index contributed by atoms with van der Waals surface area (Å²) in [5, 5.41) is 62.2. The number of phenolic OH excluding ortho intramolecular Hbond substituents is 1. The lowest BCUT2D eigenvalue weighted by Crippen LogP contribution is -2.61. The number of phenols is 1. The maximum atomic E-state index is 13.2. The third-order valence-electron chi connectivity index (χ3n) is 7.27. The molecular formula is C28H30O13. The number of carboxylic acid groups (broad SMARTS) is 1. The van der Waals surface area contributed by atoms with Gasteiger partial charge in [-0.1, -0.05) is 6.42 Å². The number of rotatable bonds is 7. The van der Waals surface area contributed by atoms with Crippen LogP contribution in [0, 0.1) is 0 Å². The highest BCUT2D eigenvalue weighted by molar-refractivity contribution is 5.89. The Balaban J connectivity index is 1.62. The fourth-order valence-electron chi connectivity index (χ4n) is 5.02. The molecule has 2 aliphatic rings. The van der Waals surface area contributed by atoms with E-state index < -0.39 is 59.4 Å². The Morgan fingerprint density at radius 2 is 1.68 bits per heavy atom. The van der Waals surface area contributed by atoms with Crippen molar-refractivity contribution in [3.05, 3.63) is 46.6 Å². The standard InChI is InChI=1S/C28H30O13/c1-37-14-7-5-13(6-8-14)16-11-15(29)19-17(38-16)12-18(24(20(19)30)41-28(36)9-3-2-4-10-28)39-27-23(33)21(31)22(32)25(40-27)26(34)35/h5-8,11-12,21-23,25,27,30-33,36H,2-4,9-10H2,1H3,(H,34,35)/t21-,22+,23-,25+,27-/m1/s1. The maximum Gasteiger partial charge on any atom is 0.335 e. The Bertz CT molecular complexity index is 1480. The van der Waals surface area contributed by atoms with Crippen molar-refractivity contribution in [1.82, 2.24) is 0 Å². The van der Waals surface area contributed by atoms with E-state index in [0.29, 0.717) is 24.2 Å². The van der Waals surface area contributed by atoms with Crippen LogP contribution in [0.4, 0.5) is 0 Å². The van der Waals surface area contributed by atoms with E-state index in [1.54, 1.807) is 24.3 Å². The molecular weight excluding hydrogens is 544 g/mol. The van der Waals surface area contributed by atoms with Gasteiger partial charge >= 0.3 is 5.97 Å². The number of aliphatic carboxylic acids is 1. The molecule has 1 saturated heterocycles. The lowest BCUT2D eigenvalue weighted by molar-refractivity contribution is -0.271. The summed E-state index contributed by atoms with van der Waals surface area (Å²) in [4.78, 5) is 24.8. The van der Waals surface area contributed by atoms with Crippen molar-refractivity contribution in [2.75, 3.05) is 7.11 Å². The molecule has 2 fully saturated rings. The van der Waals surface area contributed by atoms with Gasteiger partial charge in [-0.3, -0.25) is 4.79 Å². The van der Waals surface area contributed by atoms with Crippen LogP contribution in [0.25, 0.3) is 22.3 Å². The zero-order chi connectivity index (χ0) is 29.5. The summed E-state index contributed by atoms with van der Waals surface area (Å²) < 4.78 is 27.8. The monoisotopic (exact) mass is 574 g/mol. The van der Waals surface area contributed by atoms with Gasteiger partial charge < -0.3 is 54.0 Å². The van der Waals surface area contributed by atoms with Gasteiger partial charge in [-0.25, -0.2) is 4.79 Å². The molecule has 1 saturated carbocycles. The normalized spacial score (nSPS) is 25.9. The fraction of sp³-hybridized carbons (Fsp3) is 0.429. The number of aromatic hydroxyl groups is 1. The number of hydrogen-bond donors (Lipinski definition) is 6. The largest absolute Gasteiger partial charge is 0.504 e. The molecule has 0 unspecified atom stereocenters. The molecule has 13 heteroatoms. The quantitative estimate of drug-likeness (QED) is 0.221. The van der Waals surface area contributed by atoms with Crippen LogP contribution in [-0.2, 0) is 9.53 Å². The number of hydrogen-bond acceptors (Lipinski definition) is 12. The lowest BCUT2D eigenvalue weighted by Gasteiger charge is -2.39. The Hall–Kier alpha value is -3.88. The summed E-state index contributed by atoms with van der Waals surface area (Å²) in [6.45, 7) is 0. The number of fused-ring (bicyclic) bond motifs is 1. The lowest BCUT2D eigenvalue weighted by atomic mass is 9.94. The van der Waals surface area contributed by atoms with E-state index in [4.69, 9.17) is 23.4 Å². The first-order chi connectivity index (χ1) is 19.5. The molecule has 6 N–H and O–H groups in total. The van der Waals surface area contributed by atoms with Crippen molar-refractivity contribution in [2.24, 2.45) is 0 Å². The Morgan fingerprint density at radius 3 is 2.32 bits per heavy atom. The molecule has 41 heavy (non-hydrogen) atoms. The Labute approximate surface area is 232 Å². The average molecular weight is 575 g/mol. The zero-order valence-electron chi connectivity index (χ0n) is 21.9. The van der Waals surface area contributed by atoms with Crippen LogP contribution in [0.1, 0.15) is 32.1 Å². The molecule has 0 spiro atoms. The topological polar surface area (TPSA) is 206 Å². The van der Waals surface area contributed by atoms with Crippen LogP contribution in [0.15, 0.2) is 45.6 Å². The number of carboxylic acids is 1. The van der Waals surface area contributed by atoms with Crippen LogP contribution in [-0.4, -0.2) is 80.2 Å². The third-order valence-corrected chi connectivity index (χ3v) is 7.27. The number of aliphatic hydroxyl groups excluding tert-OH is 3. The molecule has 2 aromatic carbocycles. The first kappa shape index (κ1) is 28.6. The SMILES string of the molecule is COc1ccc(-c2cc(=O)c3c(O)c(OC4(O)CCCCC4)c(O[C@@H]4O[C@H](C(=O)O)[C@@H](O)[C@@H](O)[C@H]4O)cc3o2)cc1. The zero-order valence-corrected chi connectivity index (χ0v) is 21.9. The molecule has 1 aromatic heterocycles. The van der Waals surface area contributed by atoms with Crippen LogP contribution in [0.5, 0.6) is 23.0 Å². The molecule has 1 aliphatic carbocycles. The molecule has 5 atom stereocenters. The van der Waals surface area contributed by atoms with Gasteiger partial charge in [-0.2, -0.15) is 0 Å². The van der Waals surface area contributed by atoms with Crippen molar-refractivity contribution in [1.29, 1.82) is 0 Å². The van der Waals surface area contributed by atoms with Crippen molar-refractivity contribution in [3.8, 4) is 34.3 Å². The summed E-state index contributed by atoms with van der Waals surface area (Å²) in [5.74, 6) is -4.24. The van der Waals surface area contributed by atoms with E-state index in [2.05, 4.69) is 0 Å². The van der Waals surface area contributed by atoms with Gasteiger partial charge in [0, 0.05) is 30.5 Å². The molecule has 0 amide bonds. The predicted octanol–water partition coefficient (Wildman–Crippen LogP) is 1.48. The van der Waals surface area contributed by atoms with E-state index in [9.17, 15) is 40.2 Å². The second kappa shape index (κ2) is 11.2. The van der Waals surface area contributed by atoms with E-state index in [0.717, 1.165) is 12.5 Å². The van der Waals surface area contributed by atoms with Crippen molar-refractivity contribution in [2.45, 2.75) is 68.6 Å². The molecule has 220 valence electrons. The van der Waals surface area contributed by atoms with Crippen molar-refractivity contribution in [3.63, 3.8) is 0 Å². The molecule has 13 nitrogen and oxygen atoms in total. The first-order valence-corrected chi connectivity index (χ1v) is 13.0. The minimum absolute atomic E-state index is 0.133. The van der Waals surface area contributed by atoms with Gasteiger partial charge in [0.2, 0.25) is 17.8 Å². The second-order valence-corrected chi connectivity index (χ2v) is 10.1. The fourth-order valence-corrected chi connectivity index (χ4v) is 5.02. The van der Waals surface area contributed by atoms with Gasteiger partial charge in [-0.15, -0.1) is 0 Å². The highest BCUT2D eigenvalue weighted by atomic mass is 16.7. The van der Waals surface area contributed by atoms with Gasteiger partial charge in [0.15, 0.2) is 23.0 Å². The molecule has 1 aliphatic heterocycles. The van der Waals surface area contributed by atoms with Gasteiger partial charge in [0.05, 0.1) is 7.11 Å². The summed E-state index contributed by atoms with van der Waals surface area (Å²) in [6, 6.07) is 8.96. The molecule has 0 radical (unpaired) electrons. The first-order valence-electron chi connectivity index (χ1n) is 13.0. The van der Waals surface area contributed by atoms with Gasteiger partial charge in [0.25, 0.3) is 0 Å². The smallest absolute Gasteiger partial charge is 0.335 e. The van der Waals surface area contributed by atoms with Gasteiger partial charge in [-0.05, 0) is 37.1 Å². The van der Waals surface area contributed by atoms with Crippen LogP contribution >= 0.6 is 0 Å². The van der Waals surface area contributed by atoms with Gasteiger partial charge in [0.1, 0.15) is 40.8 Å². The minimum Gasteiger partial charge on any atom is -0.504 e. The molecule has 2 heterocycles.